The molecule has 3 aromatic rings. The monoisotopic (exact) mass is 426 g/mol. The van der Waals surface area contributed by atoms with Crippen molar-refractivity contribution < 1.29 is 14.7 Å². The summed E-state index contributed by atoms with van der Waals surface area (Å²) in [5.41, 5.74) is 4.98. The van der Waals surface area contributed by atoms with Gasteiger partial charge in [-0.3, -0.25) is 24.4 Å². The van der Waals surface area contributed by atoms with Gasteiger partial charge in [-0.25, -0.2) is 10.5 Å². The molecule has 1 saturated heterocycles. The lowest BCUT2D eigenvalue weighted by atomic mass is 9.98. The number of rotatable bonds is 7. The molecule has 1 fully saturated rings. The standard InChI is InChI=1S/C21H26N6O4/c1-4-15-17-18(26(3)24-15)21(29)23-19(22-17)14-8-12(6-7-16(14)31-5-2)9-27-10-13(11-27)20(28)25-30/h6-8,13,30H,4-5,9-11H2,1-3H3,(H,25,28)(H,22,23,29). The molecule has 1 amide bonds. The Morgan fingerprint density at radius 3 is 2.81 bits per heavy atom. The lowest BCUT2D eigenvalue weighted by Crippen LogP contribution is -2.52. The Bertz CT molecular complexity index is 1180. The molecule has 3 N–H and O–H groups in total. The fraction of sp³-hybridized carbons (Fsp3) is 0.429. The fourth-order valence-electron chi connectivity index (χ4n) is 3.97. The van der Waals surface area contributed by atoms with Crippen LogP contribution in [-0.2, 0) is 24.8 Å². The van der Waals surface area contributed by atoms with Crippen molar-refractivity contribution in [1.29, 1.82) is 0 Å². The normalized spacial score (nSPS) is 14.6. The van der Waals surface area contributed by atoms with Gasteiger partial charge in [0.15, 0.2) is 5.52 Å². The van der Waals surface area contributed by atoms with E-state index in [4.69, 9.17) is 14.9 Å². The SMILES string of the molecule is CCOc1ccc(CN2CC(C(=O)NO)C2)cc1-c1nc2c(CC)nn(C)c2c(=O)[nH]1. The van der Waals surface area contributed by atoms with Gasteiger partial charge in [-0.2, -0.15) is 5.10 Å². The van der Waals surface area contributed by atoms with Crippen LogP contribution in [-0.4, -0.2) is 55.5 Å². The van der Waals surface area contributed by atoms with Crippen molar-refractivity contribution in [3.8, 4) is 17.1 Å². The predicted molar refractivity (Wildman–Crippen MR) is 114 cm³/mol. The van der Waals surface area contributed by atoms with Gasteiger partial charge in [-0.05, 0) is 31.0 Å². The van der Waals surface area contributed by atoms with E-state index in [1.54, 1.807) is 17.2 Å². The Morgan fingerprint density at radius 2 is 2.13 bits per heavy atom. The van der Waals surface area contributed by atoms with E-state index in [1.807, 2.05) is 32.0 Å². The van der Waals surface area contributed by atoms with Crippen molar-refractivity contribution in [3.63, 3.8) is 0 Å². The first-order chi connectivity index (χ1) is 14.9. The minimum absolute atomic E-state index is 0.203. The van der Waals surface area contributed by atoms with Crippen LogP contribution in [0.2, 0.25) is 0 Å². The number of H-pyrrole nitrogens is 1. The van der Waals surface area contributed by atoms with Crippen molar-refractivity contribution in [2.45, 2.75) is 26.8 Å². The van der Waals surface area contributed by atoms with Crippen LogP contribution in [0.5, 0.6) is 5.75 Å². The van der Waals surface area contributed by atoms with E-state index < -0.39 is 0 Å². The number of benzene rings is 1. The van der Waals surface area contributed by atoms with Gasteiger partial charge in [-0.15, -0.1) is 0 Å². The molecule has 1 aromatic carbocycles. The minimum atomic E-state index is -0.359. The maximum absolute atomic E-state index is 12.8. The fourth-order valence-corrected chi connectivity index (χ4v) is 3.97. The summed E-state index contributed by atoms with van der Waals surface area (Å²) in [6.07, 6.45) is 0.670. The Kier molecular flexibility index (Phi) is 5.75. The zero-order chi connectivity index (χ0) is 22.1. The van der Waals surface area contributed by atoms with E-state index in [1.165, 1.54) is 0 Å². The van der Waals surface area contributed by atoms with Gasteiger partial charge < -0.3 is 9.72 Å². The number of likely N-dealkylation sites (tertiary alicyclic amines) is 1. The van der Waals surface area contributed by atoms with Crippen molar-refractivity contribution in [3.05, 3.63) is 39.8 Å². The smallest absolute Gasteiger partial charge is 0.277 e. The third-order valence-corrected chi connectivity index (χ3v) is 5.54. The highest BCUT2D eigenvalue weighted by Gasteiger charge is 2.32. The van der Waals surface area contributed by atoms with Gasteiger partial charge >= 0.3 is 0 Å². The maximum atomic E-state index is 12.8. The number of fused-ring (bicyclic) bond motifs is 1. The molecular formula is C21H26N6O4. The highest BCUT2D eigenvalue weighted by molar-refractivity contribution is 5.80. The number of nitrogens with zero attached hydrogens (tertiary/aromatic N) is 4. The third-order valence-electron chi connectivity index (χ3n) is 5.54. The van der Waals surface area contributed by atoms with Crippen LogP contribution in [0.4, 0.5) is 0 Å². The van der Waals surface area contributed by atoms with E-state index in [9.17, 15) is 9.59 Å². The molecule has 0 radical (unpaired) electrons. The van der Waals surface area contributed by atoms with Crippen LogP contribution >= 0.6 is 0 Å². The first-order valence-corrected chi connectivity index (χ1v) is 10.3. The second kappa shape index (κ2) is 8.48. The number of carbonyl (C=O) groups is 1. The van der Waals surface area contributed by atoms with E-state index in [0.29, 0.717) is 60.8 Å². The van der Waals surface area contributed by atoms with Crippen LogP contribution in [0, 0.1) is 5.92 Å². The van der Waals surface area contributed by atoms with Gasteiger partial charge in [0.2, 0.25) is 5.91 Å². The molecule has 4 rings (SSSR count). The number of ether oxygens (including phenoxy) is 1. The van der Waals surface area contributed by atoms with Crippen LogP contribution in [0.1, 0.15) is 25.1 Å². The molecule has 0 unspecified atom stereocenters. The summed E-state index contributed by atoms with van der Waals surface area (Å²) in [6.45, 7) is 6.15. The number of nitrogens with one attached hydrogen (secondary N) is 2. The molecule has 10 heteroatoms. The number of carbonyl (C=O) groups excluding carboxylic acids is 1. The molecule has 1 aliphatic rings. The molecule has 0 aliphatic carbocycles. The quantitative estimate of drug-likeness (QED) is 0.383. The number of hydrogen-bond donors (Lipinski definition) is 3. The topological polar surface area (TPSA) is 125 Å². The zero-order valence-corrected chi connectivity index (χ0v) is 17.8. The number of aromatic nitrogens is 4. The van der Waals surface area contributed by atoms with Crippen molar-refractivity contribution in [2.24, 2.45) is 13.0 Å². The van der Waals surface area contributed by atoms with Crippen molar-refractivity contribution in [1.82, 2.24) is 30.1 Å². The molecule has 0 saturated carbocycles. The van der Waals surface area contributed by atoms with E-state index in [0.717, 1.165) is 11.3 Å². The van der Waals surface area contributed by atoms with Gasteiger partial charge in [0, 0.05) is 26.7 Å². The summed E-state index contributed by atoms with van der Waals surface area (Å²) < 4.78 is 7.35. The summed E-state index contributed by atoms with van der Waals surface area (Å²) >= 11 is 0. The third kappa shape index (κ3) is 3.91. The Morgan fingerprint density at radius 1 is 1.35 bits per heavy atom. The number of amides is 1. The van der Waals surface area contributed by atoms with Gasteiger partial charge in [-0.1, -0.05) is 13.0 Å². The van der Waals surface area contributed by atoms with Crippen LogP contribution in [0.3, 0.4) is 0 Å². The summed E-state index contributed by atoms with van der Waals surface area (Å²) in [4.78, 5) is 34.0. The van der Waals surface area contributed by atoms with Gasteiger partial charge in [0.05, 0.1) is 23.8 Å². The zero-order valence-electron chi connectivity index (χ0n) is 17.8. The molecule has 3 heterocycles. The highest BCUT2D eigenvalue weighted by Crippen LogP contribution is 2.31. The second-order valence-electron chi connectivity index (χ2n) is 7.67. The van der Waals surface area contributed by atoms with E-state index >= 15 is 0 Å². The van der Waals surface area contributed by atoms with Crippen molar-refractivity contribution >= 4 is 16.9 Å². The lowest BCUT2D eigenvalue weighted by Gasteiger charge is -2.37. The van der Waals surface area contributed by atoms with Crippen LogP contribution < -0.4 is 15.8 Å². The Labute approximate surface area is 178 Å². The number of hydrogen-bond acceptors (Lipinski definition) is 7. The number of aromatic amines is 1. The Balaban J connectivity index is 1.69. The van der Waals surface area contributed by atoms with Crippen LogP contribution in [0.25, 0.3) is 22.4 Å². The summed E-state index contributed by atoms with van der Waals surface area (Å²) in [5, 5.41) is 13.2. The largest absolute Gasteiger partial charge is 0.493 e. The maximum Gasteiger partial charge on any atom is 0.277 e. The van der Waals surface area contributed by atoms with Crippen LogP contribution in [0.15, 0.2) is 23.0 Å². The first-order valence-electron chi connectivity index (χ1n) is 10.3. The number of hydroxylamine groups is 1. The molecule has 0 spiro atoms. The summed E-state index contributed by atoms with van der Waals surface area (Å²) in [5.74, 6) is 0.510. The molecule has 31 heavy (non-hydrogen) atoms. The molecule has 1 aliphatic heterocycles. The van der Waals surface area contributed by atoms with Gasteiger partial charge in [0.25, 0.3) is 5.56 Å². The van der Waals surface area contributed by atoms with E-state index in [2.05, 4.69) is 15.0 Å². The van der Waals surface area contributed by atoms with Gasteiger partial charge in [0.1, 0.15) is 17.1 Å². The molecule has 0 atom stereocenters. The summed E-state index contributed by atoms with van der Waals surface area (Å²) in [6, 6.07) is 5.79. The molecule has 10 nitrogen and oxygen atoms in total. The molecule has 164 valence electrons. The highest BCUT2D eigenvalue weighted by atomic mass is 16.5. The lowest BCUT2D eigenvalue weighted by molar-refractivity contribution is -0.139. The average molecular weight is 426 g/mol. The summed E-state index contributed by atoms with van der Waals surface area (Å²) in [7, 11) is 1.74. The predicted octanol–water partition coefficient (Wildman–Crippen LogP) is 1.22. The molecular weight excluding hydrogens is 400 g/mol. The van der Waals surface area contributed by atoms with E-state index in [-0.39, 0.29) is 17.4 Å². The molecule has 0 bridgehead atoms. The Hall–Kier alpha value is -3.24. The first kappa shape index (κ1) is 21.0. The second-order valence-corrected chi connectivity index (χ2v) is 7.67. The minimum Gasteiger partial charge on any atom is -0.493 e. The number of aryl methyl sites for hydroxylation is 2. The molecule has 2 aromatic heterocycles. The average Bonchev–Trinajstić information content (AvgIpc) is 3.07. The van der Waals surface area contributed by atoms with Crippen molar-refractivity contribution in [2.75, 3.05) is 19.7 Å².